The molecule has 1 heterocycles. The largest absolute Gasteiger partial charge is 0.493 e. The van der Waals surface area contributed by atoms with Crippen LogP contribution in [0, 0.1) is 0 Å². The zero-order chi connectivity index (χ0) is 12.3. The molecule has 0 saturated heterocycles. The molecule has 3 nitrogen and oxygen atoms in total. The lowest BCUT2D eigenvalue weighted by Crippen LogP contribution is -1.98. The molecule has 1 N–H and O–H groups in total. The minimum Gasteiger partial charge on any atom is -0.493 e. The van der Waals surface area contributed by atoms with E-state index in [0.717, 1.165) is 31.6 Å². The van der Waals surface area contributed by atoms with Crippen LogP contribution in [0.15, 0.2) is 12.1 Å². The summed E-state index contributed by atoms with van der Waals surface area (Å²) in [5.41, 5.74) is 3.78. The van der Waals surface area contributed by atoms with Crippen molar-refractivity contribution in [2.75, 3.05) is 6.61 Å². The Kier molecular flexibility index (Phi) is 3.67. The van der Waals surface area contributed by atoms with Crippen molar-refractivity contribution in [1.82, 2.24) is 0 Å². The highest BCUT2D eigenvalue weighted by Crippen LogP contribution is 2.32. The van der Waals surface area contributed by atoms with Crippen LogP contribution in [0.3, 0.4) is 0 Å². The van der Waals surface area contributed by atoms with Gasteiger partial charge in [-0.1, -0.05) is 19.1 Å². The van der Waals surface area contributed by atoms with Gasteiger partial charge in [-0.05, 0) is 36.0 Å². The van der Waals surface area contributed by atoms with Gasteiger partial charge in [0.15, 0.2) is 0 Å². The molecule has 1 aliphatic rings. The third kappa shape index (κ3) is 2.78. The monoisotopic (exact) mass is 234 g/mol. The number of hydrogen-bond donors (Lipinski definition) is 1. The summed E-state index contributed by atoms with van der Waals surface area (Å²) in [7, 11) is 0. The Morgan fingerprint density at radius 1 is 1.47 bits per heavy atom. The van der Waals surface area contributed by atoms with Crippen LogP contribution in [-0.2, 0) is 24.1 Å². The van der Waals surface area contributed by atoms with E-state index in [1.165, 1.54) is 16.7 Å². The highest BCUT2D eigenvalue weighted by molar-refractivity contribution is 5.66. The van der Waals surface area contributed by atoms with Gasteiger partial charge in [-0.15, -0.1) is 0 Å². The van der Waals surface area contributed by atoms with Gasteiger partial charge < -0.3 is 9.84 Å². The molecule has 1 aliphatic heterocycles. The van der Waals surface area contributed by atoms with E-state index in [-0.39, 0.29) is 6.42 Å². The van der Waals surface area contributed by atoms with E-state index in [2.05, 4.69) is 19.1 Å². The van der Waals surface area contributed by atoms with Crippen LogP contribution in [0.25, 0.3) is 0 Å². The smallest absolute Gasteiger partial charge is 0.303 e. The van der Waals surface area contributed by atoms with Gasteiger partial charge in [-0.3, -0.25) is 4.79 Å². The van der Waals surface area contributed by atoms with E-state index in [9.17, 15) is 4.79 Å². The van der Waals surface area contributed by atoms with Gasteiger partial charge in [0.2, 0.25) is 0 Å². The summed E-state index contributed by atoms with van der Waals surface area (Å²) in [6.07, 6.45) is 3.69. The van der Waals surface area contributed by atoms with Crippen LogP contribution in [0.2, 0.25) is 0 Å². The van der Waals surface area contributed by atoms with Gasteiger partial charge in [-0.25, -0.2) is 0 Å². The van der Waals surface area contributed by atoms with Crippen molar-refractivity contribution in [3.63, 3.8) is 0 Å². The van der Waals surface area contributed by atoms with Gasteiger partial charge in [0.25, 0.3) is 0 Å². The zero-order valence-electron chi connectivity index (χ0n) is 10.2. The third-order valence-electron chi connectivity index (χ3n) is 3.17. The van der Waals surface area contributed by atoms with Crippen molar-refractivity contribution in [3.05, 3.63) is 28.8 Å². The van der Waals surface area contributed by atoms with Crippen LogP contribution in [-0.4, -0.2) is 17.7 Å². The second-order valence-corrected chi connectivity index (χ2v) is 4.44. The maximum absolute atomic E-state index is 10.5. The SMILES string of the molecule is CCc1cc(CCCC(=O)O)c2c(c1)CCO2. The van der Waals surface area contributed by atoms with E-state index in [1.54, 1.807) is 0 Å². The van der Waals surface area contributed by atoms with Crippen molar-refractivity contribution in [1.29, 1.82) is 0 Å². The first-order valence-corrected chi connectivity index (χ1v) is 6.20. The minimum absolute atomic E-state index is 0.227. The van der Waals surface area contributed by atoms with Crippen LogP contribution in [0.1, 0.15) is 36.5 Å². The summed E-state index contributed by atoms with van der Waals surface area (Å²) >= 11 is 0. The fourth-order valence-corrected chi connectivity index (χ4v) is 2.28. The van der Waals surface area contributed by atoms with Gasteiger partial charge in [-0.2, -0.15) is 0 Å². The molecule has 0 amide bonds. The summed E-state index contributed by atoms with van der Waals surface area (Å²) in [5.74, 6) is 0.279. The molecule has 0 unspecified atom stereocenters. The molecule has 0 aromatic heterocycles. The van der Waals surface area contributed by atoms with Crippen molar-refractivity contribution >= 4 is 5.97 Å². The number of ether oxygens (including phenoxy) is 1. The van der Waals surface area contributed by atoms with Gasteiger partial charge in [0.05, 0.1) is 6.61 Å². The molecule has 3 heteroatoms. The summed E-state index contributed by atoms with van der Waals surface area (Å²) in [6, 6.07) is 4.37. The number of aliphatic carboxylic acids is 1. The van der Waals surface area contributed by atoms with Crippen molar-refractivity contribution in [2.24, 2.45) is 0 Å². The third-order valence-corrected chi connectivity index (χ3v) is 3.17. The summed E-state index contributed by atoms with van der Waals surface area (Å²) in [6.45, 7) is 2.90. The van der Waals surface area contributed by atoms with Crippen molar-refractivity contribution in [2.45, 2.75) is 39.0 Å². The van der Waals surface area contributed by atoms with Crippen molar-refractivity contribution in [3.8, 4) is 5.75 Å². The normalized spacial score (nSPS) is 13.2. The number of fused-ring (bicyclic) bond motifs is 1. The maximum atomic E-state index is 10.5. The Morgan fingerprint density at radius 3 is 3.00 bits per heavy atom. The molecule has 2 rings (SSSR count). The van der Waals surface area contributed by atoms with E-state index in [4.69, 9.17) is 9.84 Å². The number of carboxylic acids is 1. The second-order valence-electron chi connectivity index (χ2n) is 4.44. The topological polar surface area (TPSA) is 46.5 Å². The molecule has 0 saturated carbocycles. The molecular formula is C14H18O3. The maximum Gasteiger partial charge on any atom is 0.303 e. The molecule has 0 aliphatic carbocycles. The predicted molar refractivity (Wildman–Crippen MR) is 65.6 cm³/mol. The second kappa shape index (κ2) is 5.21. The molecule has 0 bridgehead atoms. The lowest BCUT2D eigenvalue weighted by molar-refractivity contribution is -0.137. The van der Waals surface area contributed by atoms with Crippen LogP contribution < -0.4 is 4.74 Å². The Hall–Kier alpha value is -1.51. The number of carbonyl (C=O) groups is 1. The molecule has 0 atom stereocenters. The van der Waals surface area contributed by atoms with Crippen LogP contribution in [0.5, 0.6) is 5.75 Å². The van der Waals surface area contributed by atoms with Gasteiger partial charge in [0, 0.05) is 12.8 Å². The quantitative estimate of drug-likeness (QED) is 0.851. The average Bonchev–Trinajstić information content (AvgIpc) is 2.76. The molecular weight excluding hydrogens is 216 g/mol. The summed E-state index contributed by atoms with van der Waals surface area (Å²) in [4.78, 5) is 10.5. The predicted octanol–water partition coefficient (Wildman–Crippen LogP) is 2.59. The van der Waals surface area contributed by atoms with E-state index in [0.29, 0.717) is 6.42 Å². The Balaban J connectivity index is 2.14. The minimum atomic E-state index is -0.728. The zero-order valence-corrected chi connectivity index (χ0v) is 10.2. The number of hydrogen-bond acceptors (Lipinski definition) is 2. The van der Waals surface area contributed by atoms with Crippen molar-refractivity contribution < 1.29 is 14.6 Å². The first kappa shape index (κ1) is 12.0. The lowest BCUT2D eigenvalue weighted by atomic mass is 9.98. The molecule has 0 spiro atoms. The fourth-order valence-electron chi connectivity index (χ4n) is 2.28. The first-order valence-electron chi connectivity index (χ1n) is 6.20. The van der Waals surface area contributed by atoms with Crippen LogP contribution >= 0.6 is 0 Å². The average molecular weight is 234 g/mol. The molecule has 0 fully saturated rings. The van der Waals surface area contributed by atoms with E-state index < -0.39 is 5.97 Å². The molecule has 1 aromatic carbocycles. The Bertz CT molecular complexity index is 424. The Labute approximate surface area is 101 Å². The highest BCUT2D eigenvalue weighted by atomic mass is 16.5. The fraction of sp³-hybridized carbons (Fsp3) is 0.500. The number of rotatable bonds is 5. The van der Waals surface area contributed by atoms with Gasteiger partial charge >= 0.3 is 5.97 Å². The first-order chi connectivity index (χ1) is 8.20. The van der Waals surface area contributed by atoms with E-state index >= 15 is 0 Å². The van der Waals surface area contributed by atoms with E-state index in [1.807, 2.05) is 0 Å². The molecule has 17 heavy (non-hydrogen) atoms. The highest BCUT2D eigenvalue weighted by Gasteiger charge is 2.17. The number of carboxylic acid groups (broad SMARTS) is 1. The Morgan fingerprint density at radius 2 is 2.29 bits per heavy atom. The molecule has 92 valence electrons. The molecule has 1 aromatic rings. The number of benzene rings is 1. The van der Waals surface area contributed by atoms with Gasteiger partial charge in [0.1, 0.15) is 5.75 Å². The summed E-state index contributed by atoms with van der Waals surface area (Å²) < 4.78 is 5.64. The van der Waals surface area contributed by atoms with Crippen LogP contribution in [0.4, 0.5) is 0 Å². The lowest BCUT2D eigenvalue weighted by Gasteiger charge is -2.10. The molecule has 0 radical (unpaired) electrons. The summed E-state index contributed by atoms with van der Waals surface area (Å²) in [5, 5.41) is 8.65. The standard InChI is InChI=1S/C14H18O3/c1-2-10-8-11(4-3-5-13(15)16)14-12(9-10)6-7-17-14/h8-9H,2-7H2,1H3,(H,15,16). The number of aryl methyl sites for hydroxylation is 2.